The van der Waals surface area contributed by atoms with E-state index in [0.717, 1.165) is 0 Å². The third-order valence-corrected chi connectivity index (χ3v) is 4.42. The minimum absolute atomic E-state index is 0.0714. The van der Waals surface area contributed by atoms with E-state index in [1.165, 1.54) is 6.20 Å². The molecule has 1 aliphatic heterocycles. The van der Waals surface area contributed by atoms with Gasteiger partial charge in [0.25, 0.3) is 0 Å². The second-order valence-corrected chi connectivity index (χ2v) is 5.52. The summed E-state index contributed by atoms with van der Waals surface area (Å²) in [4.78, 5) is 14.1. The van der Waals surface area contributed by atoms with Gasteiger partial charge in [-0.2, -0.15) is 0 Å². The molecular formula is C8H9NO4S. The van der Waals surface area contributed by atoms with Crippen LogP contribution in [0.15, 0.2) is 10.6 Å². The number of aromatic nitrogens is 1. The van der Waals surface area contributed by atoms with Gasteiger partial charge in [-0.3, -0.25) is 4.79 Å². The molecule has 5 nitrogen and oxygen atoms in total. The second kappa shape index (κ2) is 3.20. The van der Waals surface area contributed by atoms with E-state index in [1.807, 2.05) is 0 Å². The Labute approximate surface area is 81.1 Å². The highest BCUT2D eigenvalue weighted by Crippen LogP contribution is 2.33. The Bertz CT molecular complexity index is 448. The largest absolute Gasteiger partial charge is 0.436 e. The van der Waals surface area contributed by atoms with E-state index in [9.17, 15) is 13.2 Å². The van der Waals surface area contributed by atoms with Crippen LogP contribution in [-0.2, 0) is 9.84 Å². The van der Waals surface area contributed by atoms with Gasteiger partial charge in [-0.15, -0.1) is 0 Å². The van der Waals surface area contributed by atoms with Crippen LogP contribution in [0.3, 0.4) is 0 Å². The second-order valence-electron chi connectivity index (χ2n) is 3.22. The molecule has 0 spiro atoms. The first-order valence-corrected chi connectivity index (χ1v) is 5.97. The zero-order valence-electron chi connectivity index (χ0n) is 7.34. The normalized spacial score (nSPS) is 25.0. The van der Waals surface area contributed by atoms with E-state index in [-0.39, 0.29) is 17.4 Å². The van der Waals surface area contributed by atoms with Crippen molar-refractivity contribution >= 4 is 16.1 Å². The maximum absolute atomic E-state index is 11.5. The van der Waals surface area contributed by atoms with Gasteiger partial charge in [-0.25, -0.2) is 13.4 Å². The van der Waals surface area contributed by atoms with E-state index < -0.39 is 15.1 Å². The van der Waals surface area contributed by atoms with Crippen molar-refractivity contribution in [3.63, 3.8) is 0 Å². The lowest BCUT2D eigenvalue weighted by atomic mass is 10.2. The van der Waals surface area contributed by atoms with E-state index in [4.69, 9.17) is 4.42 Å². The Balaban J connectivity index is 2.35. The molecule has 1 saturated heterocycles. The maximum atomic E-state index is 11.5. The first kappa shape index (κ1) is 9.39. The summed E-state index contributed by atoms with van der Waals surface area (Å²) in [6.07, 6.45) is 2.92. The molecule has 2 heterocycles. The standard InChI is InChI=1S/C8H9NO4S/c10-5-6-4-9-8(13-6)7-2-1-3-14(7,11)12/h4-5,7H,1-3H2. The number of hydrogen-bond donors (Lipinski definition) is 0. The van der Waals surface area contributed by atoms with Gasteiger partial charge in [-0.05, 0) is 12.8 Å². The zero-order valence-corrected chi connectivity index (χ0v) is 8.16. The summed E-state index contributed by atoms with van der Waals surface area (Å²) in [5.41, 5.74) is 0. The van der Waals surface area contributed by atoms with E-state index in [0.29, 0.717) is 19.1 Å². The van der Waals surface area contributed by atoms with Gasteiger partial charge in [-0.1, -0.05) is 0 Å². The van der Waals surface area contributed by atoms with Crippen molar-refractivity contribution in [3.05, 3.63) is 17.8 Å². The van der Waals surface area contributed by atoms with Gasteiger partial charge in [0.15, 0.2) is 21.9 Å². The molecule has 1 aromatic rings. The Morgan fingerprint density at radius 3 is 2.86 bits per heavy atom. The molecule has 1 atom stereocenters. The summed E-state index contributed by atoms with van der Waals surface area (Å²) in [5, 5.41) is -0.656. The average molecular weight is 215 g/mol. The molecule has 1 aliphatic rings. The molecule has 1 unspecified atom stereocenters. The summed E-state index contributed by atoms with van der Waals surface area (Å²) in [5.74, 6) is 0.392. The number of sulfone groups is 1. The predicted molar refractivity (Wildman–Crippen MR) is 47.7 cm³/mol. The summed E-state index contributed by atoms with van der Waals surface area (Å²) < 4.78 is 27.9. The fourth-order valence-corrected chi connectivity index (χ4v) is 3.37. The number of aldehydes is 1. The Hall–Kier alpha value is -1.17. The molecule has 0 aromatic carbocycles. The molecule has 2 rings (SSSR count). The molecule has 0 amide bonds. The van der Waals surface area contributed by atoms with Crippen LogP contribution in [0.1, 0.15) is 34.5 Å². The highest BCUT2D eigenvalue weighted by atomic mass is 32.2. The van der Waals surface area contributed by atoms with Crippen LogP contribution in [0.5, 0.6) is 0 Å². The average Bonchev–Trinajstić information content (AvgIpc) is 2.70. The van der Waals surface area contributed by atoms with Crippen molar-refractivity contribution in [2.24, 2.45) is 0 Å². The van der Waals surface area contributed by atoms with Crippen molar-refractivity contribution in [1.29, 1.82) is 0 Å². The molecule has 0 radical (unpaired) electrons. The molecule has 0 saturated carbocycles. The summed E-state index contributed by atoms with van der Waals surface area (Å²) in [6.45, 7) is 0. The summed E-state index contributed by atoms with van der Waals surface area (Å²) in [7, 11) is -3.11. The molecule has 1 fully saturated rings. The molecule has 14 heavy (non-hydrogen) atoms. The van der Waals surface area contributed by atoms with E-state index in [2.05, 4.69) is 4.98 Å². The quantitative estimate of drug-likeness (QED) is 0.680. The minimum atomic E-state index is -3.11. The third-order valence-electron chi connectivity index (χ3n) is 2.26. The molecule has 0 N–H and O–H groups in total. The van der Waals surface area contributed by atoms with Crippen molar-refractivity contribution in [1.82, 2.24) is 4.98 Å². The topological polar surface area (TPSA) is 77.2 Å². The molecule has 0 bridgehead atoms. The summed E-state index contributed by atoms with van der Waals surface area (Å²) >= 11 is 0. The lowest BCUT2D eigenvalue weighted by Crippen LogP contribution is -2.07. The van der Waals surface area contributed by atoms with Crippen LogP contribution >= 0.6 is 0 Å². The number of oxazole rings is 1. The fraction of sp³-hybridized carbons (Fsp3) is 0.500. The molecule has 0 aliphatic carbocycles. The number of rotatable bonds is 2. The van der Waals surface area contributed by atoms with E-state index in [1.54, 1.807) is 0 Å². The van der Waals surface area contributed by atoms with Gasteiger partial charge in [0.1, 0.15) is 5.25 Å². The maximum Gasteiger partial charge on any atom is 0.213 e. The van der Waals surface area contributed by atoms with Crippen molar-refractivity contribution in [2.45, 2.75) is 18.1 Å². The Kier molecular flexibility index (Phi) is 2.14. The monoisotopic (exact) mass is 215 g/mol. The minimum Gasteiger partial charge on any atom is -0.436 e. The van der Waals surface area contributed by atoms with Crippen LogP contribution in [0.4, 0.5) is 0 Å². The lowest BCUT2D eigenvalue weighted by Gasteiger charge is -2.02. The molecule has 6 heteroatoms. The first-order valence-electron chi connectivity index (χ1n) is 4.26. The smallest absolute Gasteiger partial charge is 0.213 e. The number of nitrogens with zero attached hydrogens (tertiary/aromatic N) is 1. The van der Waals surface area contributed by atoms with E-state index >= 15 is 0 Å². The fourth-order valence-electron chi connectivity index (χ4n) is 1.57. The SMILES string of the molecule is O=Cc1cnc(C2CCCS2(=O)=O)o1. The van der Waals surface area contributed by atoms with Crippen LogP contribution in [0.2, 0.25) is 0 Å². The van der Waals surface area contributed by atoms with Crippen LogP contribution in [-0.4, -0.2) is 25.4 Å². The van der Waals surface area contributed by atoms with Crippen LogP contribution in [0.25, 0.3) is 0 Å². The zero-order chi connectivity index (χ0) is 10.2. The highest BCUT2D eigenvalue weighted by molar-refractivity contribution is 7.91. The lowest BCUT2D eigenvalue weighted by molar-refractivity contribution is 0.109. The third kappa shape index (κ3) is 1.45. The first-order chi connectivity index (χ1) is 6.63. The number of carbonyl (C=O) groups is 1. The predicted octanol–water partition coefficient (Wildman–Crippen LogP) is 0.737. The highest BCUT2D eigenvalue weighted by Gasteiger charge is 2.36. The molecular weight excluding hydrogens is 206 g/mol. The van der Waals surface area contributed by atoms with Crippen molar-refractivity contribution in [2.75, 3.05) is 5.75 Å². The van der Waals surface area contributed by atoms with Gasteiger partial charge >= 0.3 is 0 Å². The van der Waals surface area contributed by atoms with Crippen LogP contribution in [0, 0.1) is 0 Å². The van der Waals surface area contributed by atoms with Crippen LogP contribution < -0.4 is 0 Å². The van der Waals surface area contributed by atoms with Gasteiger partial charge in [0.2, 0.25) is 5.89 Å². The Morgan fingerprint density at radius 1 is 1.57 bits per heavy atom. The number of hydrogen-bond acceptors (Lipinski definition) is 5. The van der Waals surface area contributed by atoms with Crippen molar-refractivity contribution < 1.29 is 17.6 Å². The summed E-state index contributed by atoms with van der Waals surface area (Å²) in [6, 6.07) is 0. The Morgan fingerprint density at radius 2 is 2.36 bits per heavy atom. The molecule has 76 valence electrons. The van der Waals surface area contributed by atoms with Gasteiger partial charge in [0.05, 0.1) is 11.9 Å². The van der Waals surface area contributed by atoms with Gasteiger partial charge < -0.3 is 4.42 Å². The molecule has 1 aromatic heterocycles. The van der Waals surface area contributed by atoms with Crippen molar-refractivity contribution in [3.8, 4) is 0 Å². The number of carbonyl (C=O) groups excluding carboxylic acids is 1. The van der Waals surface area contributed by atoms with Gasteiger partial charge in [0, 0.05) is 0 Å².